The number of ether oxygens (including phenoxy) is 2. The Balaban J connectivity index is 1.81. The van der Waals surface area contributed by atoms with Gasteiger partial charge in [0.25, 0.3) is 5.91 Å². The molecular formula is C31H35N5O6S. The quantitative estimate of drug-likeness (QED) is 0.110. The molecule has 0 aromatic heterocycles. The van der Waals surface area contributed by atoms with Crippen molar-refractivity contribution in [2.75, 3.05) is 25.5 Å². The summed E-state index contributed by atoms with van der Waals surface area (Å²) < 4.78 is 38.9. The number of azide groups is 1. The summed E-state index contributed by atoms with van der Waals surface area (Å²) in [6.45, 7) is 4.60. The van der Waals surface area contributed by atoms with E-state index >= 15 is 0 Å². The number of nitrogens with one attached hydrogen (secondary N) is 1. The van der Waals surface area contributed by atoms with Crippen molar-refractivity contribution < 1.29 is 27.8 Å². The number of sulfone groups is 1. The first-order chi connectivity index (χ1) is 20.7. The molecule has 0 spiro atoms. The van der Waals surface area contributed by atoms with Gasteiger partial charge in [-0.1, -0.05) is 61.4 Å². The van der Waals surface area contributed by atoms with Crippen LogP contribution in [-0.4, -0.2) is 56.4 Å². The van der Waals surface area contributed by atoms with Gasteiger partial charge in [-0.2, -0.15) is 0 Å². The summed E-state index contributed by atoms with van der Waals surface area (Å²) in [5.41, 5.74) is 8.73. The maximum absolute atomic E-state index is 14.1. The number of aliphatic hydroxyl groups excluding tert-OH is 1. The molecule has 43 heavy (non-hydrogen) atoms. The van der Waals surface area contributed by atoms with Crippen LogP contribution in [0, 0.1) is 5.92 Å². The molecule has 0 aliphatic carbocycles. The Kier molecular flexibility index (Phi) is 10.4. The van der Waals surface area contributed by atoms with Gasteiger partial charge < -0.3 is 19.9 Å². The minimum atomic E-state index is -3.80. The fourth-order valence-electron chi connectivity index (χ4n) is 4.68. The molecule has 0 saturated carbocycles. The lowest BCUT2D eigenvalue weighted by Gasteiger charge is -2.31. The third-order valence-electron chi connectivity index (χ3n) is 6.93. The van der Waals surface area contributed by atoms with Crippen LogP contribution in [0.15, 0.2) is 93.9 Å². The number of carbonyl (C=O) groups is 1. The monoisotopic (exact) mass is 605 g/mol. The van der Waals surface area contributed by atoms with Gasteiger partial charge in [0.2, 0.25) is 5.90 Å². The number of aliphatic imine (C=N–C) groups is 1. The van der Waals surface area contributed by atoms with Crippen molar-refractivity contribution in [3.8, 4) is 5.75 Å². The molecule has 226 valence electrons. The number of benzene rings is 3. The van der Waals surface area contributed by atoms with Crippen molar-refractivity contribution in [1.29, 1.82) is 0 Å². The van der Waals surface area contributed by atoms with Crippen molar-refractivity contribution in [3.05, 3.63) is 100 Å². The van der Waals surface area contributed by atoms with Crippen LogP contribution in [0.3, 0.4) is 0 Å². The zero-order valence-corrected chi connectivity index (χ0v) is 24.9. The molecule has 3 aromatic rings. The Bertz CT molecular complexity index is 1590. The van der Waals surface area contributed by atoms with Crippen molar-refractivity contribution in [2.24, 2.45) is 16.0 Å². The van der Waals surface area contributed by atoms with E-state index in [0.717, 1.165) is 0 Å². The Labute approximate surface area is 251 Å². The second kappa shape index (κ2) is 14.2. The summed E-state index contributed by atoms with van der Waals surface area (Å²) in [5, 5.41) is 15.8. The number of amides is 1. The highest BCUT2D eigenvalue weighted by atomic mass is 32.2. The smallest absolute Gasteiger partial charge is 0.252 e. The average Bonchev–Trinajstić information content (AvgIpc) is 3.41. The number of hydrogen-bond donors (Lipinski definition) is 2. The molecule has 3 aromatic carbocycles. The van der Waals surface area contributed by atoms with Crippen LogP contribution in [0.4, 0.5) is 5.69 Å². The van der Waals surface area contributed by atoms with Crippen molar-refractivity contribution in [3.63, 3.8) is 0 Å². The van der Waals surface area contributed by atoms with Gasteiger partial charge in [-0.05, 0) is 47.8 Å². The van der Waals surface area contributed by atoms with E-state index in [1.807, 2.05) is 13.8 Å². The van der Waals surface area contributed by atoms with Crippen molar-refractivity contribution >= 4 is 27.3 Å². The largest absolute Gasteiger partial charge is 0.494 e. The molecular weight excluding hydrogens is 570 g/mol. The van der Waals surface area contributed by atoms with Gasteiger partial charge in [0.05, 0.1) is 17.3 Å². The molecule has 2 atom stereocenters. The molecule has 0 bridgehead atoms. The number of nitrogens with zero attached hydrogens (tertiary/aromatic N) is 4. The predicted molar refractivity (Wildman–Crippen MR) is 163 cm³/mol. The lowest BCUT2D eigenvalue weighted by molar-refractivity contribution is -0.129. The molecule has 4 rings (SSSR count). The van der Waals surface area contributed by atoms with Gasteiger partial charge in [0.15, 0.2) is 21.5 Å². The predicted octanol–water partition coefficient (Wildman–Crippen LogP) is 5.28. The van der Waals surface area contributed by atoms with Gasteiger partial charge in [-0.3, -0.25) is 4.79 Å². The van der Waals surface area contributed by atoms with Crippen molar-refractivity contribution in [1.82, 2.24) is 5.32 Å². The second-order valence-electron chi connectivity index (χ2n) is 10.5. The standard InChI is InChI=1S/C31H35N5O6S/c1-22(2)21-33-30(38)31(17-20-43(39,40)25-9-4-3-5-10-25)28(26-11-6-7-12-27(26)35-36-32)42-29(34-31)23-13-15-24(16-14-23)41-19-8-18-37/h3-7,9-16,22,28,37H,8,17-21H2,1-2H3,(H,33,38)/t28-,31-/m1/s1. The average molecular weight is 606 g/mol. The van der Waals surface area contributed by atoms with E-state index in [9.17, 15) is 18.7 Å². The van der Waals surface area contributed by atoms with Crippen LogP contribution in [-0.2, 0) is 19.4 Å². The van der Waals surface area contributed by atoms with Gasteiger partial charge in [-0.25, -0.2) is 13.4 Å². The summed E-state index contributed by atoms with van der Waals surface area (Å²) in [5.74, 6) is -0.0453. The molecule has 0 fully saturated rings. The minimum absolute atomic E-state index is 0.0163. The van der Waals surface area contributed by atoms with Crippen LogP contribution in [0.1, 0.15) is 43.9 Å². The van der Waals surface area contributed by atoms with E-state index in [1.54, 1.807) is 66.7 Å². The summed E-state index contributed by atoms with van der Waals surface area (Å²) in [6, 6.07) is 21.6. The first-order valence-corrected chi connectivity index (χ1v) is 15.7. The first kappa shape index (κ1) is 31.6. The fraction of sp³-hybridized carbons (Fsp3) is 0.355. The molecule has 0 saturated heterocycles. The van der Waals surface area contributed by atoms with E-state index in [2.05, 4.69) is 15.3 Å². The topological polar surface area (TPSA) is 163 Å². The van der Waals surface area contributed by atoms with E-state index < -0.39 is 27.4 Å². The molecule has 0 unspecified atom stereocenters. The summed E-state index contributed by atoms with van der Waals surface area (Å²) >= 11 is 0. The summed E-state index contributed by atoms with van der Waals surface area (Å²) in [4.78, 5) is 22.0. The third kappa shape index (κ3) is 7.53. The van der Waals surface area contributed by atoms with Crippen LogP contribution < -0.4 is 10.1 Å². The highest BCUT2D eigenvalue weighted by Gasteiger charge is 2.54. The zero-order valence-electron chi connectivity index (χ0n) is 24.1. The SMILES string of the molecule is CC(C)CNC(=O)[C@]1(CCS(=O)(=O)c2ccccc2)N=C(c2ccc(OCCCO)cc2)O[C@@H]1c1ccccc1N=[N+]=[N-]. The molecule has 2 N–H and O–H groups in total. The molecule has 0 radical (unpaired) electrons. The van der Waals surface area contributed by atoms with Crippen LogP contribution >= 0.6 is 0 Å². The highest BCUT2D eigenvalue weighted by Crippen LogP contribution is 2.46. The lowest BCUT2D eigenvalue weighted by atomic mass is 9.84. The maximum atomic E-state index is 14.1. The minimum Gasteiger partial charge on any atom is -0.494 e. The zero-order chi connectivity index (χ0) is 30.9. The van der Waals surface area contributed by atoms with E-state index in [0.29, 0.717) is 36.4 Å². The van der Waals surface area contributed by atoms with Gasteiger partial charge in [0.1, 0.15) is 5.75 Å². The number of rotatable bonds is 14. The molecule has 1 heterocycles. The number of hydrogen-bond acceptors (Lipinski definition) is 8. The van der Waals surface area contributed by atoms with Crippen LogP contribution in [0.2, 0.25) is 0 Å². The molecule has 1 amide bonds. The molecule has 1 aliphatic rings. The normalized spacial score (nSPS) is 18.0. The Morgan fingerprint density at radius 3 is 2.49 bits per heavy atom. The Morgan fingerprint density at radius 2 is 1.81 bits per heavy atom. The van der Waals surface area contributed by atoms with Gasteiger partial charge in [0, 0.05) is 47.7 Å². The summed E-state index contributed by atoms with van der Waals surface area (Å²) in [6.07, 6.45) is -0.804. The Morgan fingerprint density at radius 1 is 1.12 bits per heavy atom. The highest BCUT2D eigenvalue weighted by molar-refractivity contribution is 7.91. The lowest BCUT2D eigenvalue weighted by Crippen LogP contribution is -2.50. The molecule has 12 heteroatoms. The van der Waals surface area contributed by atoms with E-state index in [1.165, 1.54) is 12.1 Å². The van der Waals surface area contributed by atoms with Gasteiger partial charge in [-0.15, -0.1) is 0 Å². The summed E-state index contributed by atoms with van der Waals surface area (Å²) in [7, 11) is -3.80. The second-order valence-corrected chi connectivity index (χ2v) is 12.6. The molecule has 1 aliphatic heterocycles. The van der Waals surface area contributed by atoms with E-state index in [4.69, 9.17) is 19.6 Å². The van der Waals surface area contributed by atoms with Crippen molar-refractivity contribution in [2.45, 2.75) is 43.2 Å². The number of carbonyl (C=O) groups excluding carboxylic acids is 1. The third-order valence-corrected chi connectivity index (χ3v) is 8.66. The number of aliphatic hydroxyl groups is 1. The fourth-order valence-corrected chi connectivity index (χ4v) is 6.07. The first-order valence-electron chi connectivity index (χ1n) is 14.0. The van der Waals surface area contributed by atoms with E-state index in [-0.39, 0.29) is 41.2 Å². The van der Waals surface area contributed by atoms with Crippen LogP contribution in [0.25, 0.3) is 10.4 Å². The Hall–Kier alpha value is -4.38. The maximum Gasteiger partial charge on any atom is 0.252 e. The van der Waals surface area contributed by atoms with Gasteiger partial charge >= 0.3 is 0 Å². The molecule has 11 nitrogen and oxygen atoms in total. The van der Waals surface area contributed by atoms with Crippen LogP contribution in [0.5, 0.6) is 5.75 Å².